The Morgan fingerprint density at radius 1 is 1.57 bits per heavy atom. The lowest BCUT2D eigenvalue weighted by Crippen LogP contribution is -2.21. The molecule has 5 N–H and O–H groups in total. The van der Waals surface area contributed by atoms with Crippen LogP contribution in [0.2, 0.25) is 5.02 Å². The van der Waals surface area contributed by atoms with E-state index in [1.165, 1.54) is 6.07 Å². The van der Waals surface area contributed by atoms with Crippen LogP contribution in [0.15, 0.2) is 18.2 Å². The Hall–Kier alpha value is -1.26. The molecule has 76 valence electrons. The molecule has 1 aromatic carbocycles. The highest BCUT2D eigenvalue weighted by atomic mass is 35.5. The molecule has 0 saturated carbocycles. The van der Waals surface area contributed by atoms with Crippen molar-refractivity contribution in [1.82, 2.24) is 0 Å². The number of carboxylic acids is 1. The molecular formula is C9H11ClN2O2. The third kappa shape index (κ3) is 2.16. The van der Waals surface area contributed by atoms with E-state index in [4.69, 9.17) is 28.2 Å². The van der Waals surface area contributed by atoms with Crippen molar-refractivity contribution in [2.45, 2.75) is 5.92 Å². The van der Waals surface area contributed by atoms with Crippen molar-refractivity contribution in [3.8, 4) is 0 Å². The van der Waals surface area contributed by atoms with Gasteiger partial charge in [0.25, 0.3) is 0 Å². The number of aliphatic carboxylic acids is 1. The molecule has 0 aliphatic carbocycles. The standard InChI is InChI=1S/C9H11ClN2O2/c10-7-2-1-5(3-8(7)12)6(4-11)9(13)14/h1-3,6H,4,11-12H2,(H,13,14). The molecule has 0 aliphatic heterocycles. The van der Waals surface area contributed by atoms with E-state index in [-0.39, 0.29) is 6.54 Å². The van der Waals surface area contributed by atoms with Gasteiger partial charge in [-0.15, -0.1) is 0 Å². The molecule has 0 saturated heterocycles. The molecule has 0 aliphatic rings. The van der Waals surface area contributed by atoms with Crippen LogP contribution in [0.4, 0.5) is 5.69 Å². The van der Waals surface area contributed by atoms with Crippen LogP contribution in [-0.2, 0) is 4.79 Å². The van der Waals surface area contributed by atoms with Gasteiger partial charge in [-0.1, -0.05) is 17.7 Å². The minimum atomic E-state index is -0.964. The number of nitrogen functional groups attached to an aromatic ring is 1. The van der Waals surface area contributed by atoms with E-state index < -0.39 is 11.9 Å². The average molecular weight is 215 g/mol. The van der Waals surface area contributed by atoms with Crippen molar-refractivity contribution in [2.24, 2.45) is 5.73 Å². The van der Waals surface area contributed by atoms with Gasteiger partial charge in [0.1, 0.15) is 0 Å². The zero-order valence-electron chi connectivity index (χ0n) is 7.40. The predicted molar refractivity (Wildman–Crippen MR) is 55.3 cm³/mol. The van der Waals surface area contributed by atoms with Gasteiger partial charge in [-0.2, -0.15) is 0 Å². The van der Waals surface area contributed by atoms with Crippen LogP contribution in [0.1, 0.15) is 11.5 Å². The molecular weight excluding hydrogens is 204 g/mol. The van der Waals surface area contributed by atoms with Crippen LogP contribution in [-0.4, -0.2) is 17.6 Å². The molecule has 0 fully saturated rings. The summed E-state index contributed by atoms with van der Waals surface area (Å²) in [6, 6.07) is 4.72. The van der Waals surface area contributed by atoms with Crippen molar-refractivity contribution in [1.29, 1.82) is 0 Å². The number of benzene rings is 1. The van der Waals surface area contributed by atoms with E-state index in [1.54, 1.807) is 12.1 Å². The molecule has 1 unspecified atom stereocenters. The van der Waals surface area contributed by atoms with Crippen molar-refractivity contribution in [3.63, 3.8) is 0 Å². The van der Waals surface area contributed by atoms with Gasteiger partial charge in [0.15, 0.2) is 0 Å². The van der Waals surface area contributed by atoms with Crippen LogP contribution in [0.25, 0.3) is 0 Å². The van der Waals surface area contributed by atoms with E-state index in [2.05, 4.69) is 0 Å². The minimum absolute atomic E-state index is 0.0381. The lowest BCUT2D eigenvalue weighted by Gasteiger charge is -2.10. The summed E-state index contributed by atoms with van der Waals surface area (Å²) < 4.78 is 0. The van der Waals surface area contributed by atoms with E-state index in [9.17, 15) is 4.79 Å². The Morgan fingerprint density at radius 2 is 2.21 bits per heavy atom. The molecule has 0 heterocycles. The Morgan fingerprint density at radius 3 is 2.64 bits per heavy atom. The molecule has 1 rings (SSSR count). The topological polar surface area (TPSA) is 89.3 Å². The number of halogens is 1. The smallest absolute Gasteiger partial charge is 0.312 e. The van der Waals surface area contributed by atoms with E-state index >= 15 is 0 Å². The monoisotopic (exact) mass is 214 g/mol. The molecule has 1 aromatic rings. The van der Waals surface area contributed by atoms with Gasteiger partial charge in [-0.05, 0) is 17.7 Å². The maximum atomic E-state index is 10.8. The highest BCUT2D eigenvalue weighted by Crippen LogP contribution is 2.24. The second-order valence-corrected chi connectivity index (χ2v) is 3.31. The summed E-state index contributed by atoms with van der Waals surface area (Å²) in [4.78, 5) is 10.8. The van der Waals surface area contributed by atoms with Crippen molar-refractivity contribution in [2.75, 3.05) is 12.3 Å². The van der Waals surface area contributed by atoms with Crippen molar-refractivity contribution in [3.05, 3.63) is 28.8 Å². The second-order valence-electron chi connectivity index (χ2n) is 2.91. The number of carboxylic acid groups (broad SMARTS) is 1. The van der Waals surface area contributed by atoms with Crippen LogP contribution in [0, 0.1) is 0 Å². The Labute approximate surface area is 86.5 Å². The second kappa shape index (κ2) is 4.30. The normalized spacial score (nSPS) is 12.4. The molecule has 4 nitrogen and oxygen atoms in total. The first-order chi connectivity index (χ1) is 6.56. The Balaban J connectivity index is 3.06. The molecule has 0 spiro atoms. The molecule has 0 aromatic heterocycles. The predicted octanol–water partition coefficient (Wildman–Crippen LogP) is 1.05. The number of hydrogen-bond acceptors (Lipinski definition) is 3. The van der Waals surface area contributed by atoms with E-state index in [0.717, 1.165) is 0 Å². The SMILES string of the molecule is NCC(C(=O)O)c1ccc(Cl)c(N)c1. The average Bonchev–Trinajstić information content (AvgIpc) is 2.11. The summed E-state index contributed by atoms with van der Waals surface area (Å²) in [5.41, 5.74) is 11.8. The third-order valence-corrected chi connectivity index (χ3v) is 2.30. The van der Waals surface area contributed by atoms with Crippen molar-refractivity contribution >= 4 is 23.3 Å². The fraction of sp³-hybridized carbons (Fsp3) is 0.222. The van der Waals surface area contributed by atoms with Gasteiger partial charge in [-0.3, -0.25) is 4.79 Å². The summed E-state index contributed by atoms with van der Waals surface area (Å²) in [5, 5.41) is 9.25. The molecule has 5 heteroatoms. The number of rotatable bonds is 3. The highest BCUT2D eigenvalue weighted by Gasteiger charge is 2.18. The fourth-order valence-corrected chi connectivity index (χ4v) is 1.28. The largest absolute Gasteiger partial charge is 0.481 e. The lowest BCUT2D eigenvalue weighted by molar-refractivity contribution is -0.138. The van der Waals surface area contributed by atoms with Gasteiger partial charge < -0.3 is 16.6 Å². The molecule has 1 atom stereocenters. The molecule has 14 heavy (non-hydrogen) atoms. The van der Waals surface area contributed by atoms with Crippen LogP contribution in [0.3, 0.4) is 0 Å². The maximum absolute atomic E-state index is 10.8. The maximum Gasteiger partial charge on any atom is 0.312 e. The highest BCUT2D eigenvalue weighted by molar-refractivity contribution is 6.33. The van der Waals surface area contributed by atoms with Crippen LogP contribution in [0.5, 0.6) is 0 Å². The third-order valence-electron chi connectivity index (χ3n) is 1.96. The van der Waals surface area contributed by atoms with Gasteiger partial charge in [0, 0.05) is 6.54 Å². The number of carbonyl (C=O) groups is 1. The summed E-state index contributed by atoms with van der Waals surface area (Å²) >= 11 is 5.70. The number of anilines is 1. The Kier molecular flexibility index (Phi) is 3.33. The zero-order valence-corrected chi connectivity index (χ0v) is 8.16. The van der Waals surface area contributed by atoms with Crippen molar-refractivity contribution < 1.29 is 9.90 Å². The Bertz CT molecular complexity index is 355. The number of nitrogens with two attached hydrogens (primary N) is 2. The first-order valence-corrected chi connectivity index (χ1v) is 4.42. The number of hydrogen-bond donors (Lipinski definition) is 3. The first kappa shape index (κ1) is 10.8. The first-order valence-electron chi connectivity index (χ1n) is 4.04. The van der Waals surface area contributed by atoms with E-state index in [0.29, 0.717) is 16.3 Å². The van der Waals surface area contributed by atoms with Gasteiger partial charge in [0.2, 0.25) is 0 Å². The van der Waals surface area contributed by atoms with Gasteiger partial charge >= 0.3 is 5.97 Å². The summed E-state index contributed by atoms with van der Waals surface area (Å²) in [6.07, 6.45) is 0. The lowest BCUT2D eigenvalue weighted by atomic mass is 9.99. The molecule has 0 bridgehead atoms. The van der Waals surface area contributed by atoms with Crippen LogP contribution >= 0.6 is 11.6 Å². The van der Waals surface area contributed by atoms with E-state index in [1.807, 2.05) is 0 Å². The van der Waals surface area contributed by atoms with Crippen LogP contribution < -0.4 is 11.5 Å². The summed E-state index contributed by atoms with van der Waals surface area (Å²) in [5.74, 6) is -1.69. The minimum Gasteiger partial charge on any atom is -0.481 e. The molecule has 0 radical (unpaired) electrons. The van der Waals surface area contributed by atoms with Gasteiger partial charge in [-0.25, -0.2) is 0 Å². The quantitative estimate of drug-likeness (QED) is 0.656. The molecule has 0 amide bonds. The zero-order chi connectivity index (χ0) is 10.7. The fourth-order valence-electron chi connectivity index (χ4n) is 1.16. The summed E-state index contributed by atoms with van der Waals surface area (Å²) in [7, 11) is 0. The summed E-state index contributed by atoms with van der Waals surface area (Å²) in [6.45, 7) is 0.0381. The van der Waals surface area contributed by atoms with Gasteiger partial charge in [0.05, 0.1) is 16.6 Å².